The van der Waals surface area contributed by atoms with Crippen molar-refractivity contribution in [3.8, 4) is 0 Å². The van der Waals surface area contributed by atoms with Crippen LogP contribution in [-0.2, 0) is 14.4 Å². The maximum Gasteiger partial charge on any atom is 0.233 e. The van der Waals surface area contributed by atoms with Crippen molar-refractivity contribution in [2.45, 2.75) is 19.3 Å². The van der Waals surface area contributed by atoms with E-state index in [-0.39, 0.29) is 42.5 Å². The van der Waals surface area contributed by atoms with Gasteiger partial charge < -0.3 is 5.32 Å². The third-order valence-electron chi connectivity index (χ3n) is 4.37. The molecule has 0 bridgehead atoms. The standard InChI is InChI=1S/C17H16BrClN2O3/c18-10-5-6-14(13(19)9-10)20-15(22)7-8-21-16(23)11-3-1-2-4-12(11)17(21)24/h1-2,5-6,9,11-12H,3-4,7-8H2,(H,20,22)/t11-,12-/m1/s1. The highest BCUT2D eigenvalue weighted by Crippen LogP contribution is 2.35. The number of amides is 3. The van der Waals surface area contributed by atoms with E-state index >= 15 is 0 Å². The average Bonchev–Trinajstić information content (AvgIpc) is 2.80. The Labute approximate surface area is 153 Å². The van der Waals surface area contributed by atoms with Crippen LogP contribution in [0.3, 0.4) is 0 Å². The minimum atomic E-state index is -0.284. The Hall–Kier alpha value is -1.66. The molecular weight excluding hydrogens is 396 g/mol. The predicted molar refractivity (Wildman–Crippen MR) is 94.5 cm³/mol. The monoisotopic (exact) mass is 410 g/mol. The number of allylic oxidation sites excluding steroid dienone is 2. The molecule has 1 fully saturated rings. The van der Waals surface area contributed by atoms with Gasteiger partial charge >= 0.3 is 0 Å². The van der Waals surface area contributed by atoms with Gasteiger partial charge in [0, 0.05) is 17.4 Å². The first-order valence-electron chi connectivity index (χ1n) is 7.72. The lowest BCUT2D eigenvalue weighted by Crippen LogP contribution is -2.34. The zero-order valence-corrected chi connectivity index (χ0v) is 15.1. The molecule has 3 rings (SSSR count). The molecule has 2 atom stereocenters. The first-order valence-corrected chi connectivity index (χ1v) is 8.89. The normalized spacial score (nSPS) is 22.7. The molecule has 1 aliphatic heterocycles. The number of halogens is 2. The molecule has 3 amide bonds. The second-order valence-corrected chi connectivity index (χ2v) is 7.23. The van der Waals surface area contributed by atoms with Gasteiger partial charge in [-0.05, 0) is 31.0 Å². The van der Waals surface area contributed by atoms with E-state index in [0.29, 0.717) is 23.6 Å². The first-order chi connectivity index (χ1) is 11.5. The molecule has 24 heavy (non-hydrogen) atoms. The van der Waals surface area contributed by atoms with Crippen molar-refractivity contribution in [2.75, 3.05) is 11.9 Å². The summed E-state index contributed by atoms with van der Waals surface area (Å²) < 4.78 is 0.815. The summed E-state index contributed by atoms with van der Waals surface area (Å²) in [7, 11) is 0. The van der Waals surface area contributed by atoms with Crippen LogP contribution in [0.25, 0.3) is 0 Å². The Morgan fingerprint density at radius 3 is 2.42 bits per heavy atom. The number of hydrogen-bond donors (Lipinski definition) is 1. The number of carbonyl (C=O) groups excluding carboxylic acids is 3. The molecule has 5 nitrogen and oxygen atoms in total. The van der Waals surface area contributed by atoms with Gasteiger partial charge in [0.2, 0.25) is 17.7 Å². The van der Waals surface area contributed by atoms with Gasteiger partial charge in [0.15, 0.2) is 0 Å². The number of nitrogens with zero attached hydrogens (tertiary/aromatic N) is 1. The lowest BCUT2D eigenvalue weighted by molar-refractivity contribution is -0.140. The topological polar surface area (TPSA) is 66.5 Å². The highest BCUT2D eigenvalue weighted by Gasteiger charge is 2.46. The number of carbonyl (C=O) groups is 3. The number of nitrogens with one attached hydrogen (secondary N) is 1. The van der Waals surface area contributed by atoms with Crippen LogP contribution in [0, 0.1) is 11.8 Å². The van der Waals surface area contributed by atoms with E-state index in [9.17, 15) is 14.4 Å². The molecule has 1 aliphatic carbocycles. The predicted octanol–water partition coefficient (Wildman–Crippen LogP) is 3.38. The van der Waals surface area contributed by atoms with E-state index in [1.54, 1.807) is 18.2 Å². The van der Waals surface area contributed by atoms with Gasteiger partial charge in [-0.15, -0.1) is 0 Å². The van der Waals surface area contributed by atoms with E-state index in [0.717, 1.165) is 4.47 Å². The lowest BCUT2D eigenvalue weighted by Gasteiger charge is -2.14. The fraction of sp³-hybridized carbons (Fsp3) is 0.353. The number of anilines is 1. The molecule has 1 aromatic rings. The number of rotatable bonds is 4. The van der Waals surface area contributed by atoms with Crippen LogP contribution in [0.2, 0.25) is 5.02 Å². The number of benzene rings is 1. The van der Waals surface area contributed by atoms with Crippen molar-refractivity contribution in [1.82, 2.24) is 4.90 Å². The second kappa shape index (κ2) is 7.07. The van der Waals surface area contributed by atoms with E-state index in [1.807, 2.05) is 12.2 Å². The molecule has 0 radical (unpaired) electrons. The number of likely N-dealkylation sites (tertiary alicyclic amines) is 1. The summed E-state index contributed by atoms with van der Waals surface area (Å²) in [6, 6.07) is 5.14. The molecule has 7 heteroatoms. The van der Waals surface area contributed by atoms with Crippen LogP contribution in [-0.4, -0.2) is 29.2 Å². The van der Waals surface area contributed by atoms with Crippen LogP contribution in [0.4, 0.5) is 5.69 Å². The maximum absolute atomic E-state index is 12.3. The van der Waals surface area contributed by atoms with Gasteiger partial charge in [-0.25, -0.2) is 0 Å². The van der Waals surface area contributed by atoms with Crippen molar-refractivity contribution < 1.29 is 14.4 Å². The lowest BCUT2D eigenvalue weighted by atomic mass is 9.85. The summed E-state index contributed by atoms with van der Waals surface area (Å²) in [5.74, 6) is -1.13. The molecule has 0 spiro atoms. The van der Waals surface area contributed by atoms with Gasteiger partial charge in [0.25, 0.3) is 0 Å². The third kappa shape index (κ3) is 3.39. The molecule has 1 heterocycles. The van der Waals surface area contributed by atoms with E-state index in [4.69, 9.17) is 11.6 Å². The SMILES string of the molecule is O=C(CCN1C(=O)[C@@H]2CC=CC[C@H]2C1=O)Nc1ccc(Br)cc1Cl. The van der Waals surface area contributed by atoms with Gasteiger partial charge in [0.1, 0.15) is 0 Å². The molecule has 1 saturated heterocycles. The molecule has 0 unspecified atom stereocenters. The summed E-state index contributed by atoms with van der Waals surface area (Å²) in [5.41, 5.74) is 0.502. The quantitative estimate of drug-likeness (QED) is 0.610. The summed E-state index contributed by atoms with van der Waals surface area (Å²) >= 11 is 9.36. The van der Waals surface area contributed by atoms with Crippen molar-refractivity contribution in [1.29, 1.82) is 0 Å². The van der Waals surface area contributed by atoms with E-state index in [2.05, 4.69) is 21.2 Å². The van der Waals surface area contributed by atoms with Crippen molar-refractivity contribution in [2.24, 2.45) is 11.8 Å². The maximum atomic E-state index is 12.3. The Morgan fingerprint density at radius 2 is 1.83 bits per heavy atom. The van der Waals surface area contributed by atoms with Crippen molar-refractivity contribution >= 4 is 50.9 Å². The Kier molecular flexibility index (Phi) is 5.06. The summed E-state index contributed by atoms with van der Waals surface area (Å²) in [4.78, 5) is 38.0. The smallest absolute Gasteiger partial charge is 0.233 e. The molecule has 1 N–H and O–H groups in total. The Bertz CT molecular complexity index is 709. The van der Waals surface area contributed by atoms with Crippen LogP contribution < -0.4 is 5.32 Å². The van der Waals surface area contributed by atoms with Gasteiger partial charge in [-0.3, -0.25) is 19.3 Å². The Balaban J connectivity index is 1.58. The first kappa shape index (κ1) is 17.2. The van der Waals surface area contributed by atoms with Crippen molar-refractivity contribution in [3.05, 3.63) is 39.8 Å². The Morgan fingerprint density at radius 1 is 1.21 bits per heavy atom. The number of imide groups is 1. The van der Waals surface area contributed by atoms with Crippen LogP contribution in [0.5, 0.6) is 0 Å². The second-order valence-electron chi connectivity index (χ2n) is 5.91. The largest absolute Gasteiger partial charge is 0.325 e. The molecular formula is C17H16BrClN2O3. The highest BCUT2D eigenvalue weighted by atomic mass is 79.9. The van der Waals surface area contributed by atoms with E-state index in [1.165, 1.54) is 4.90 Å². The summed E-state index contributed by atoms with van der Waals surface area (Å²) in [6.07, 6.45) is 5.14. The third-order valence-corrected chi connectivity index (χ3v) is 5.17. The minimum absolute atomic E-state index is 0.0523. The molecule has 0 saturated carbocycles. The summed E-state index contributed by atoms with van der Waals surface area (Å²) in [5, 5.41) is 3.12. The van der Waals surface area contributed by atoms with Crippen LogP contribution >= 0.6 is 27.5 Å². The van der Waals surface area contributed by atoms with Crippen LogP contribution in [0.15, 0.2) is 34.8 Å². The highest BCUT2D eigenvalue weighted by molar-refractivity contribution is 9.10. The molecule has 2 aliphatic rings. The fourth-order valence-corrected chi connectivity index (χ4v) is 3.83. The van der Waals surface area contributed by atoms with Gasteiger partial charge in [-0.1, -0.05) is 39.7 Å². The molecule has 1 aromatic carbocycles. The number of hydrogen-bond acceptors (Lipinski definition) is 3. The zero-order chi connectivity index (χ0) is 17.3. The number of fused-ring (bicyclic) bond motifs is 1. The molecule has 0 aromatic heterocycles. The fourth-order valence-electron chi connectivity index (χ4n) is 3.11. The average molecular weight is 412 g/mol. The van der Waals surface area contributed by atoms with Crippen molar-refractivity contribution in [3.63, 3.8) is 0 Å². The minimum Gasteiger partial charge on any atom is -0.325 e. The summed E-state index contributed by atoms with van der Waals surface area (Å²) in [6.45, 7) is 0.102. The van der Waals surface area contributed by atoms with E-state index < -0.39 is 0 Å². The zero-order valence-electron chi connectivity index (χ0n) is 12.8. The van der Waals surface area contributed by atoms with Crippen LogP contribution in [0.1, 0.15) is 19.3 Å². The molecule has 126 valence electrons. The van der Waals surface area contributed by atoms with Gasteiger partial charge in [-0.2, -0.15) is 0 Å². The van der Waals surface area contributed by atoms with Gasteiger partial charge in [0.05, 0.1) is 22.5 Å².